The molecule has 2 aliphatic heterocycles. The zero-order chi connectivity index (χ0) is 23.2. The van der Waals surface area contributed by atoms with Gasteiger partial charge in [0, 0.05) is 42.7 Å². The average molecular weight is 458 g/mol. The highest BCUT2D eigenvalue weighted by Gasteiger charge is 2.50. The van der Waals surface area contributed by atoms with Crippen LogP contribution in [-0.4, -0.2) is 43.9 Å². The van der Waals surface area contributed by atoms with E-state index in [2.05, 4.69) is 15.0 Å². The third-order valence-corrected chi connectivity index (χ3v) is 6.07. The highest BCUT2D eigenvalue weighted by atomic mass is 19.4. The normalized spacial score (nSPS) is 21.9. The van der Waals surface area contributed by atoms with Gasteiger partial charge in [-0.25, -0.2) is 19.3 Å². The molecule has 2 fully saturated rings. The zero-order valence-corrected chi connectivity index (χ0v) is 17.2. The Kier molecular flexibility index (Phi) is 5.22. The molecule has 2 aliphatic rings. The van der Waals surface area contributed by atoms with Gasteiger partial charge in [0.05, 0.1) is 17.2 Å². The lowest BCUT2D eigenvalue weighted by Crippen LogP contribution is -2.39. The molecule has 170 valence electrons. The molecule has 0 unspecified atom stereocenters. The molecule has 6 nitrogen and oxygen atoms in total. The van der Waals surface area contributed by atoms with E-state index < -0.39 is 23.7 Å². The Morgan fingerprint density at radius 1 is 1.06 bits per heavy atom. The summed E-state index contributed by atoms with van der Waals surface area (Å²) in [6, 6.07) is 7.25. The van der Waals surface area contributed by atoms with Crippen LogP contribution in [0.15, 0.2) is 55.0 Å². The number of pyridine rings is 1. The number of alkyl halides is 3. The summed E-state index contributed by atoms with van der Waals surface area (Å²) in [5.41, 5.74) is -0.275. The molecule has 0 spiro atoms. The van der Waals surface area contributed by atoms with Crippen LogP contribution in [0.25, 0.3) is 11.4 Å². The van der Waals surface area contributed by atoms with Gasteiger partial charge in [-0.15, -0.1) is 0 Å². The topological polar surface area (TPSA) is 68.2 Å². The maximum absolute atomic E-state index is 14.1. The van der Waals surface area contributed by atoms with Gasteiger partial charge < -0.3 is 9.64 Å². The molecule has 3 aromatic rings. The molecule has 0 aliphatic carbocycles. The van der Waals surface area contributed by atoms with Gasteiger partial charge >= 0.3 is 6.18 Å². The van der Waals surface area contributed by atoms with E-state index in [0.29, 0.717) is 24.2 Å². The lowest BCUT2D eigenvalue weighted by atomic mass is 9.98. The predicted octanol–water partition coefficient (Wildman–Crippen LogP) is 4.52. The van der Waals surface area contributed by atoms with Crippen molar-refractivity contribution in [3.63, 3.8) is 0 Å². The van der Waals surface area contributed by atoms with Gasteiger partial charge in [0.25, 0.3) is 5.91 Å². The minimum Gasteiger partial charge on any atom is -0.472 e. The molecule has 2 bridgehead atoms. The van der Waals surface area contributed by atoms with Crippen LogP contribution in [0.1, 0.15) is 35.2 Å². The summed E-state index contributed by atoms with van der Waals surface area (Å²) in [6.07, 6.45) is 0.877. The first kappa shape index (κ1) is 21.3. The Balaban J connectivity index is 1.39. The van der Waals surface area contributed by atoms with Gasteiger partial charge in [-0.3, -0.25) is 4.79 Å². The van der Waals surface area contributed by atoms with Gasteiger partial charge in [0.15, 0.2) is 5.82 Å². The number of carbonyl (C=O) groups excluding carboxylic acids is 1. The van der Waals surface area contributed by atoms with Gasteiger partial charge in [-0.1, -0.05) is 0 Å². The highest BCUT2D eigenvalue weighted by molar-refractivity contribution is 6.00. The Bertz CT molecular complexity index is 1170. The number of ether oxygens (including phenoxy) is 1. The van der Waals surface area contributed by atoms with Crippen molar-refractivity contribution in [2.75, 3.05) is 0 Å². The van der Waals surface area contributed by atoms with E-state index in [-0.39, 0.29) is 29.4 Å². The molecule has 1 aromatic carbocycles. The molecule has 0 radical (unpaired) electrons. The van der Waals surface area contributed by atoms with Gasteiger partial charge in [0.1, 0.15) is 11.9 Å². The van der Waals surface area contributed by atoms with Crippen LogP contribution in [0.5, 0.6) is 5.88 Å². The Morgan fingerprint density at radius 3 is 2.55 bits per heavy atom. The van der Waals surface area contributed by atoms with E-state index in [1.165, 1.54) is 24.3 Å². The number of carbonyl (C=O) groups is 1. The van der Waals surface area contributed by atoms with E-state index in [1.54, 1.807) is 23.4 Å². The summed E-state index contributed by atoms with van der Waals surface area (Å²) >= 11 is 0. The van der Waals surface area contributed by atoms with Crippen LogP contribution in [0.2, 0.25) is 0 Å². The molecule has 10 heteroatoms. The van der Waals surface area contributed by atoms with Crippen LogP contribution in [-0.2, 0) is 6.18 Å². The van der Waals surface area contributed by atoms with Crippen molar-refractivity contribution < 1.29 is 27.1 Å². The second-order valence-electron chi connectivity index (χ2n) is 8.05. The summed E-state index contributed by atoms with van der Waals surface area (Å²) in [7, 11) is 0. The summed E-state index contributed by atoms with van der Waals surface area (Å²) in [6.45, 7) is 0. The summed E-state index contributed by atoms with van der Waals surface area (Å²) < 4.78 is 58.3. The number of nitrogens with zero attached hydrogens (tertiary/aromatic N) is 4. The molecule has 2 aromatic heterocycles. The molecular formula is C23H18F4N4O2. The Labute approximate surface area is 186 Å². The predicted molar refractivity (Wildman–Crippen MR) is 109 cm³/mol. The number of benzene rings is 1. The molecule has 2 saturated heterocycles. The largest absolute Gasteiger partial charge is 0.472 e. The van der Waals surface area contributed by atoms with Crippen LogP contribution >= 0.6 is 0 Å². The third kappa shape index (κ3) is 4.01. The van der Waals surface area contributed by atoms with Crippen LogP contribution in [0.4, 0.5) is 17.6 Å². The van der Waals surface area contributed by atoms with E-state index in [0.717, 1.165) is 18.7 Å². The summed E-state index contributed by atoms with van der Waals surface area (Å²) in [4.78, 5) is 27.3. The number of rotatable bonds is 4. The first-order valence-corrected chi connectivity index (χ1v) is 10.4. The van der Waals surface area contributed by atoms with Crippen molar-refractivity contribution in [1.82, 2.24) is 19.9 Å². The fourth-order valence-electron chi connectivity index (χ4n) is 4.62. The standard InChI is InChI=1S/C23H18F4N4O2/c24-14-3-5-16(21-28-8-1-9-29-21)17(10-14)22(32)31-15-4-6-18(31)19(11-15)33-20-7-2-13(12-30-20)23(25,26)27/h1-3,5,7-10,12,15,18-19H,4,6,11H2/t15-,18+,19-/m1/s1. The second kappa shape index (κ2) is 8.09. The van der Waals surface area contributed by atoms with Crippen LogP contribution in [0, 0.1) is 5.82 Å². The van der Waals surface area contributed by atoms with Crippen molar-refractivity contribution in [1.29, 1.82) is 0 Å². The third-order valence-electron chi connectivity index (χ3n) is 6.07. The minimum atomic E-state index is -4.48. The van der Waals surface area contributed by atoms with E-state index in [9.17, 15) is 22.4 Å². The Hall–Kier alpha value is -3.56. The number of aromatic nitrogens is 3. The first-order chi connectivity index (χ1) is 15.8. The molecule has 1 amide bonds. The number of fused-ring (bicyclic) bond motifs is 2. The van der Waals surface area contributed by atoms with Crippen molar-refractivity contribution in [2.45, 2.75) is 43.6 Å². The molecule has 33 heavy (non-hydrogen) atoms. The quantitative estimate of drug-likeness (QED) is 0.538. The van der Waals surface area contributed by atoms with Crippen LogP contribution in [0.3, 0.4) is 0 Å². The minimum absolute atomic E-state index is 0.0667. The molecule has 3 atom stereocenters. The second-order valence-corrected chi connectivity index (χ2v) is 8.05. The number of halogens is 4. The molecular weight excluding hydrogens is 440 g/mol. The first-order valence-electron chi connectivity index (χ1n) is 10.4. The van der Waals surface area contributed by atoms with Crippen molar-refractivity contribution >= 4 is 5.91 Å². The number of hydrogen-bond acceptors (Lipinski definition) is 5. The highest BCUT2D eigenvalue weighted by Crippen LogP contribution is 2.41. The van der Waals surface area contributed by atoms with Gasteiger partial charge in [-0.2, -0.15) is 13.2 Å². The van der Waals surface area contributed by atoms with Crippen molar-refractivity contribution in [2.24, 2.45) is 0 Å². The lowest BCUT2D eigenvalue weighted by Gasteiger charge is -2.25. The van der Waals surface area contributed by atoms with E-state index in [1.807, 2.05) is 0 Å². The number of hydrogen-bond donors (Lipinski definition) is 0. The monoisotopic (exact) mass is 458 g/mol. The average Bonchev–Trinajstić information content (AvgIpc) is 3.36. The fourth-order valence-corrected chi connectivity index (χ4v) is 4.62. The summed E-state index contributed by atoms with van der Waals surface area (Å²) in [5.74, 6) is -0.520. The van der Waals surface area contributed by atoms with Crippen LogP contribution < -0.4 is 4.74 Å². The molecule has 4 heterocycles. The van der Waals surface area contributed by atoms with E-state index >= 15 is 0 Å². The fraction of sp³-hybridized carbons (Fsp3) is 0.304. The maximum Gasteiger partial charge on any atom is 0.417 e. The summed E-state index contributed by atoms with van der Waals surface area (Å²) in [5, 5.41) is 0. The zero-order valence-electron chi connectivity index (χ0n) is 17.2. The smallest absolute Gasteiger partial charge is 0.417 e. The Morgan fingerprint density at radius 2 is 1.85 bits per heavy atom. The van der Waals surface area contributed by atoms with Gasteiger partial charge in [-0.05, 0) is 43.2 Å². The maximum atomic E-state index is 14.1. The van der Waals surface area contributed by atoms with Gasteiger partial charge in [0.2, 0.25) is 5.88 Å². The lowest BCUT2D eigenvalue weighted by molar-refractivity contribution is -0.137. The number of amides is 1. The van der Waals surface area contributed by atoms with E-state index in [4.69, 9.17) is 4.74 Å². The molecule has 5 rings (SSSR count). The molecule has 0 N–H and O–H groups in total. The van der Waals surface area contributed by atoms with Crippen molar-refractivity contribution in [3.05, 3.63) is 71.9 Å². The SMILES string of the molecule is O=C(c1cc(F)ccc1-c1ncccn1)N1[C@@H]2CC[C@H]1[C@H](Oc1ccc(C(F)(F)F)cn1)C2. The molecule has 0 saturated carbocycles. The van der Waals surface area contributed by atoms with Crippen molar-refractivity contribution in [3.8, 4) is 17.3 Å².